The Morgan fingerprint density at radius 2 is 2.20 bits per heavy atom. The van der Waals surface area contributed by atoms with E-state index in [-0.39, 0.29) is 6.61 Å². The number of carbonyl (C=O) groups excluding carboxylic acids is 1. The van der Waals surface area contributed by atoms with E-state index in [4.69, 9.17) is 5.11 Å². The molecule has 0 aliphatic carbocycles. The van der Waals surface area contributed by atoms with Crippen molar-refractivity contribution in [1.29, 1.82) is 0 Å². The molecule has 0 aromatic heterocycles. The summed E-state index contributed by atoms with van der Waals surface area (Å²) in [5, 5.41) is 8.89. The fourth-order valence-electron chi connectivity index (χ4n) is 2.26. The Balaban J connectivity index is 2.35. The molecule has 1 N–H and O–H groups in total. The highest BCUT2D eigenvalue weighted by molar-refractivity contribution is 5.76. The van der Waals surface area contributed by atoms with Gasteiger partial charge in [-0.15, -0.1) is 0 Å². The number of rotatable bonds is 4. The van der Waals surface area contributed by atoms with Crippen LogP contribution in [0.1, 0.15) is 45.4 Å². The van der Waals surface area contributed by atoms with Crippen LogP contribution in [-0.4, -0.2) is 35.6 Å². The monoisotopic (exact) mass is 213 g/mol. The quantitative estimate of drug-likeness (QED) is 0.773. The lowest BCUT2D eigenvalue weighted by atomic mass is 9.98. The van der Waals surface area contributed by atoms with Crippen molar-refractivity contribution in [3.8, 4) is 0 Å². The summed E-state index contributed by atoms with van der Waals surface area (Å²) < 4.78 is 0. The molecule has 1 heterocycles. The first-order chi connectivity index (χ1) is 7.27. The maximum Gasteiger partial charge on any atom is 0.222 e. The van der Waals surface area contributed by atoms with E-state index in [1.807, 2.05) is 11.8 Å². The average molecular weight is 213 g/mol. The van der Waals surface area contributed by atoms with Gasteiger partial charge in [0.1, 0.15) is 0 Å². The first-order valence-electron chi connectivity index (χ1n) is 6.16. The third kappa shape index (κ3) is 4.20. The van der Waals surface area contributed by atoms with Gasteiger partial charge in [0.2, 0.25) is 5.91 Å². The van der Waals surface area contributed by atoms with Crippen LogP contribution in [0.25, 0.3) is 0 Å². The van der Waals surface area contributed by atoms with Gasteiger partial charge in [-0.1, -0.05) is 6.92 Å². The molecule has 0 bridgehead atoms. The van der Waals surface area contributed by atoms with Crippen LogP contribution in [0.3, 0.4) is 0 Å². The predicted molar refractivity (Wildman–Crippen MR) is 60.5 cm³/mol. The number of likely N-dealkylation sites (tertiary alicyclic amines) is 1. The second-order valence-electron chi connectivity index (χ2n) is 4.44. The number of nitrogens with zero attached hydrogens (tertiary/aromatic N) is 1. The van der Waals surface area contributed by atoms with Gasteiger partial charge in [0, 0.05) is 26.1 Å². The minimum absolute atomic E-state index is 0.285. The molecule has 1 saturated heterocycles. The van der Waals surface area contributed by atoms with E-state index in [0.29, 0.717) is 18.2 Å². The van der Waals surface area contributed by atoms with Gasteiger partial charge < -0.3 is 10.0 Å². The number of hydrogen-bond acceptors (Lipinski definition) is 2. The lowest BCUT2D eigenvalue weighted by molar-refractivity contribution is -0.131. The zero-order valence-corrected chi connectivity index (χ0v) is 9.74. The lowest BCUT2D eigenvalue weighted by Gasteiger charge is -2.20. The third-order valence-electron chi connectivity index (χ3n) is 3.20. The Morgan fingerprint density at radius 1 is 1.40 bits per heavy atom. The highest BCUT2D eigenvalue weighted by atomic mass is 16.3. The van der Waals surface area contributed by atoms with Gasteiger partial charge in [-0.3, -0.25) is 4.79 Å². The molecule has 0 aromatic rings. The van der Waals surface area contributed by atoms with E-state index >= 15 is 0 Å². The lowest BCUT2D eigenvalue weighted by Crippen LogP contribution is -2.31. The van der Waals surface area contributed by atoms with Crippen molar-refractivity contribution in [3.63, 3.8) is 0 Å². The fraction of sp³-hybridized carbons (Fsp3) is 0.917. The molecule has 1 fully saturated rings. The molecule has 3 nitrogen and oxygen atoms in total. The minimum atomic E-state index is 0.285. The molecule has 0 spiro atoms. The van der Waals surface area contributed by atoms with Crippen molar-refractivity contribution in [3.05, 3.63) is 0 Å². The number of amides is 1. The number of aliphatic hydroxyl groups excluding tert-OH is 1. The van der Waals surface area contributed by atoms with Crippen molar-refractivity contribution >= 4 is 5.91 Å². The summed E-state index contributed by atoms with van der Waals surface area (Å²) in [6, 6.07) is 0. The first kappa shape index (κ1) is 12.5. The maximum atomic E-state index is 11.7. The number of aliphatic hydroxyl groups is 1. The predicted octanol–water partition coefficient (Wildman–Crippen LogP) is 1.80. The molecule has 1 aliphatic heterocycles. The zero-order chi connectivity index (χ0) is 11.1. The second kappa shape index (κ2) is 6.83. The summed E-state index contributed by atoms with van der Waals surface area (Å²) in [5.41, 5.74) is 0. The molecular weight excluding hydrogens is 190 g/mol. The van der Waals surface area contributed by atoms with E-state index in [0.717, 1.165) is 45.2 Å². The molecule has 0 radical (unpaired) electrons. The molecule has 0 aromatic carbocycles. The van der Waals surface area contributed by atoms with Crippen molar-refractivity contribution in [2.45, 2.75) is 45.4 Å². The van der Waals surface area contributed by atoms with Crippen LogP contribution in [0.4, 0.5) is 0 Å². The van der Waals surface area contributed by atoms with E-state index in [9.17, 15) is 4.79 Å². The number of hydrogen-bond donors (Lipinski definition) is 1. The number of carbonyl (C=O) groups is 1. The molecule has 88 valence electrons. The Morgan fingerprint density at radius 3 is 2.87 bits per heavy atom. The topological polar surface area (TPSA) is 40.5 Å². The summed E-state index contributed by atoms with van der Waals surface area (Å²) >= 11 is 0. The molecular formula is C12H23NO2. The van der Waals surface area contributed by atoms with Gasteiger partial charge in [0.25, 0.3) is 0 Å². The van der Waals surface area contributed by atoms with Gasteiger partial charge in [0.05, 0.1) is 0 Å². The Hall–Kier alpha value is -0.570. The van der Waals surface area contributed by atoms with Crippen LogP contribution in [0, 0.1) is 5.92 Å². The van der Waals surface area contributed by atoms with Crippen molar-refractivity contribution in [2.24, 2.45) is 5.92 Å². The SMILES string of the molecule is CCCC(=O)N1CCCC(CCO)CC1. The van der Waals surface area contributed by atoms with Crippen molar-refractivity contribution < 1.29 is 9.90 Å². The van der Waals surface area contributed by atoms with E-state index in [2.05, 4.69) is 0 Å². The Kier molecular flexibility index (Phi) is 5.69. The van der Waals surface area contributed by atoms with Gasteiger partial charge in [0.15, 0.2) is 0 Å². The highest BCUT2D eigenvalue weighted by Gasteiger charge is 2.19. The van der Waals surface area contributed by atoms with Crippen molar-refractivity contribution in [1.82, 2.24) is 4.90 Å². The average Bonchev–Trinajstić information content (AvgIpc) is 2.44. The van der Waals surface area contributed by atoms with Gasteiger partial charge >= 0.3 is 0 Å². The molecule has 1 unspecified atom stereocenters. The van der Waals surface area contributed by atoms with Gasteiger partial charge in [-0.25, -0.2) is 0 Å². The van der Waals surface area contributed by atoms with Crippen LogP contribution in [0.5, 0.6) is 0 Å². The van der Waals surface area contributed by atoms with Crippen LogP contribution in [0.2, 0.25) is 0 Å². The molecule has 1 amide bonds. The Labute approximate surface area is 92.5 Å². The smallest absolute Gasteiger partial charge is 0.222 e. The first-order valence-corrected chi connectivity index (χ1v) is 6.16. The van der Waals surface area contributed by atoms with Gasteiger partial charge in [-0.2, -0.15) is 0 Å². The van der Waals surface area contributed by atoms with E-state index in [1.165, 1.54) is 0 Å². The standard InChI is InChI=1S/C12H23NO2/c1-2-4-12(15)13-8-3-5-11(6-9-13)7-10-14/h11,14H,2-10H2,1H3. The molecule has 1 atom stereocenters. The molecule has 3 heteroatoms. The van der Waals surface area contributed by atoms with E-state index in [1.54, 1.807) is 0 Å². The summed E-state index contributed by atoms with van der Waals surface area (Å²) in [5.74, 6) is 0.927. The van der Waals surface area contributed by atoms with Gasteiger partial charge in [-0.05, 0) is 38.0 Å². The van der Waals surface area contributed by atoms with Crippen molar-refractivity contribution in [2.75, 3.05) is 19.7 Å². The summed E-state index contributed by atoms with van der Waals surface area (Å²) in [7, 11) is 0. The maximum absolute atomic E-state index is 11.7. The van der Waals surface area contributed by atoms with Crippen LogP contribution >= 0.6 is 0 Å². The second-order valence-corrected chi connectivity index (χ2v) is 4.44. The summed E-state index contributed by atoms with van der Waals surface area (Å²) in [6.45, 7) is 4.14. The largest absolute Gasteiger partial charge is 0.396 e. The normalized spacial score (nSPS) is 22.5. The summed E-state index contributed by atoms with van der Waals surface area (Å²) in [6.07, 6.45) is 5.85. The van der Waals surface area contributed by atoms with E-state index < -0.39 is 0 Å². The molecule has 0 saturated carbocycles. The summed E-state index contributed by atoms with van der Waals surface area (Å²) in [4.78, 5) is 13.7. The Bertz CT molecular complexity index is 194. The van der Waals surface area contributed by atoms with Crippen LogP contribution < -0.4 is 0 Å². The van der Waals surface area contributed by atoms with Crippen LogP contribution in [0.15, 0.2) is 0 Å². The zero-order valence-electron chi connectivity index (χ0n) is 9.74. The molecule has 1 aliphatic rings. The van der Waals surface area contributed by atoms with Crippen LogP contribution in [-0.2, 0) is 4.79 Å². The molecule has 15 heavy (non-hydrogen) atoms. The minimum Gasteiger partial charge on any atom is -0.396 e. The highest BCUT2D eigenvalue weighted by Crippen LogP contribution is 2.20. The third-order valence-corrected chi connectivity index (χ3v) is 3.20. The fourth-order valence-corrected chi connectivity index (χ4v) is 2.26. The molecule has 1 rings (SSSR count).